The first-order valence-electron chi connectivity index (χ1n) is 6.15. The van der Waals surface area contributed by atoms with E-state index < -0.39 is 0 Å². The molecule has 1 unspecified atom stereocenters. The van der Waals surface area contributed by atoms with Gasteiger partial charge in [-0.3, -0.25) is 0 Å². The van der Waals surface area contributed by atoms with Crippen molar-refractivity contribution in [2.45, 2.75) is 16.6 Å². The third kappa shape index (κ3) is 2.68. The molecule has 2 N–H and O–H groups in total. The number of fused-ring (bicyclic) bond motifs is 1. The number of rotatable bonds is 3. The van der Waals surface area contributed by atoms with Gasteiger partial charge in [-0.2, -0.15) is 0 Å². The molecule has 19 heavy (non-hydrogen) atoms. The Labute approximate surface area is 115 Å². The summed E-state index contributed by atoms with van der Waals surface area (Å²) >= 11 is 1.81. The first-order valence-corrected chi connectivity index (χ1v) is 7.03. The molecular formula is C15H14FNOS. The molecule has 0 radical (unpaired) electrons. The zero-order chi connectivity index (χ0) is 13.2. The molecule has 3 rings (SSSR count). The van der Waals surface area contributed by atoms with E-state index in [4.69, 9.17) is 10.5 Å². The van der Waals surface area contributed by atoms with Crippen molar-refractivity contribution in [1.29, 1.82) is 0 Å². The fraction of sp³-hybridized carbons (Fsp3) is 0.200. The van der Waals surface area contributed by atoms with Gasteiger partial charge in [-0.1, -0.05) is 18.2 Å². The number of ether oxygens (including phenoxy) is 1. The van der Waals surface area contributed by atoms with Crippen molar-refractivity contribution in [1.82, 2.24) is 0 Å². The Morgan fingerprint density at radius 2 is 2.11 bits per heavy atom. The normalized spacial score (nSPS) is 17.2. The third-order valence-electron chi connectivity index (χ3n) is 3.11. The predicted octanol–water partition coefficient (Wildman–Crippen LogP) is 3.50. The van der Waals surface area contributed by atoms with E-state index in [-0.39, 0.29) is 5.82 Å². The first-order chi connectivity index (χ1) is 9.22. The van der Waals surface area contributed by atoms with Crippen molar-refractivity contribution in [3.05, 3.63) is 53.8 Å². The van der Waals surface area contributed by atoms with Crippen LogP contribution in [0.4, 0.5) is 10.1 Å². The number of thioether (sulfide) groups is 1. The van der Waals surface area contributed by atoms with Crippen molar-refractivity contribution in [3.8, 4) is 5.75 Å². The molecule has 1 atom stereocenters. The highest BCUT2D eigenvalue weighted by molar-refractivity contribution is 8.00. The van der Waals surface area contributed by atoms with Gasteiger partial charge in [0.05, 0.1) is 5.69 Å². The Hall–Kier alpha value is -1.68. The number of nitrogens with two attached hydrogens (primary N) is 1. The second-order valence-corrected chi connectivity index (χ2v) is 5.89. The van der Waals surface area contributed by atoms with Gasteiger partial charge in [0, 0.05) is 16.2 Å². The minimum atomic E-state index is -0.327. The van der Waals surface area contributed by atoms with Crippen LogP contribution >= 0.6 is 11.8 Å². The molecule has 0 amide bonds. The summed E-state index contributed by atoms with van der Waals surface area (Å²) in [5, 5.41) is 0.361. The van der Waals surface area contributed by atoms with E-state index in [2.05, 4.69) is 12.1 Å². The minimum absolute atomic E-state index is 0.327. The van der Waals surface area contributed by atoms with Crippen LogP contribution in [0.2, 0.25) is 0 Å². The SMILES string of the molecule is Nc1ccc(F)cc1OCC1Cc2ccccc2S1. The monoisotopic (exact) mass is 275 g/mol. The summed E-state index contributed by atoms with van der Waals surface area (Å²) in [6.07, 6.45) is 0.982. The molecule has 0 spiro atoms. The summed E-state index contributed by atoms with van der Waals surface area (Å²) in [6, 6.07) is 12.5. The third-order valence-corrected chi connectivity index (χ3v) is 4.40. The summed E-state index contributed by atoms with van der Waals surface area (Å²) < 4.78 is 18.8. The summed E-state index contributed by atoms with van der Waals surface area (Å²) in [7, 11) is 0. The lowest BCUT2D eigenvalue weighted by atomic mass is 10.1. The fourth-order valence-corrected chi connectivity index (χ4v) is 3.38. The van der Waals surface area contributed by atoms with E-state index in [9.17, 15) is 4.39 Å². The Kier molecular flexibility index (Phi) is 3.34. The number of hydrogen-bond acceptors (Lipinski definition) is 3. The zero-order valence-electron chi connectivity index (χ0n) is 10.3. The van der Waals surface area contributed by atoms with Gasteiger partial charge in [0.15, 0.2) is 0 Å². The quantitative estimate of drug-likeness (QED) is 0.871. The van der Waals surface area contributed by atoms with Crippen LogP contribution in [0.25, 0.3) is 0 Å². The zero-order valence-corrected chi connectivity index (χ0v) is 11.1. The molecule has 2 aromatic rings. The van der Waals surface area contributed by atoms with Gasteiger partial charge < -0.3 is 10.5 Å². The van der Waals surface area contributed by atoms with Crippen LogP contribution < -0.4 is 10.5 Å². The second kappa shape index (κ2) is 5.13. The van der Waals surface area contributed by atoms with Gasteiger partial charge in [0.2, 0.25) is 0 Å². The summed E-state index contributed by atoms with van der Waals surface area (Å²) in [5.41, 5.74) is 7.59. The highest BCUT2D eigenvalue weighted by atomic mass is 32.2. The molecule has 0 aromatic heterocycles. The topological polar surface area (TPSA) is 35.2 Å². The molecule has 0 aliphatic carbocycles. The van der Waals surface area contributed by atoms with E-state index in [1.165, 1.54) is 28.7 Å². The number of anilines is 1. The van der Waals surface area contributed by atoms with Gasteiger partial charge in [-0.25, -0.2) is 4.39 Å². The number of benzene rings is 2. The molecule has 0 saturated heterocycles. The highest BCUT2D eigenvalue weighted by Gasteiger charge is 2.22. The molecule has 0 saturated carbocycles. The van der Waals surface area contributed by atoms with E-state index in [0.29, 0.717) is 23.3 Å². The number of nitrogen functional groups attached to an aromatic ring is 1. The average Bonchev–Trinajstić information content (AvgIpc) is 2.82. The van der Waals surface area contributed by atoms with Crippen molar-refractivity contribution in [3.63, 3.8) is 0 Å². The molecule has 2 nitrogen and oxygen atoms in total. The average molecular weight is 275 g/mol. The molecular weight excluding hydrogens is 261 g/mol. The maximum absolute atomic E-state index is 13.1. The lowest BCUT2D eigenvalue weighted by Gasteiger charge is -2.12. The number of halogens is 1. The predicted molar refractivity (Wildman–Crippen MR) is 76.1 cm³/mol. The molecule has 0 bridgehead atoms. The molecule has 1 heterocycles. The maximum atomic E-state index is 13.1. The van der Waals surface area contributed by atoms with Gasteiger partial charge in [-0.15, -0.1) is 11.8 Å². The van der Waals surface area contributed by atoms with Crippen LogP contribution in [0.15, 0.2) is 47.4 Å². The minimum Gasteiger partial charge on any atom is -0.490 e. The summed E-state index contributed by atoms with van der Waals surface area (Å²) in [5.74, 6) is 0.100. The summed E-state index contributed by atoms with van der Waals surface area (Å²) in [4.78, 5) is 1.31. The van der Waals surface area contributed by atoms with E-state index in [1.54, 1.807) is 11.8 Å². The Morgan fingerprint density at radius 3 is 2.95 bits per heavy atom. The summed E-state index contributed by atoms with van der Waals surface area (Å²) in [6.45, 7) is 0.535. The van der Waals surface area contributed by atoms with Crippen LogP contribution in [0.3, 0.4) is 0 Å². The van der Waals surface area contributed by atoms with Crippen LogP contribution in [-0.4, -0.2) is 11.9 Å². The molecule has 0 fully saturated rings. The molecule has 2 aromatic carbocycles. The van der Waals surface area contributed by atoms with Gasteiger partial charge >= 0.3 is 0 Å². The second-order valence-electron chi connectivity index (χ2n) is 4.54. The molecule has 4 heteroatoms. The van der Waals surface area contributed by atoms with Crippen molar-refractivity contribution < 1.29 is 9.13 Å². The van der Waals surface area contributed by atoms with Gasteiger partial charge in [0.1, 0.15) is 18.2 Å². The van der Waals surface area contributed by atoms with E-state index in [1.807, 2.05) is 12.1 Å². The molecule has 1 aliphatic heterocycles. The number of hydrogen-bond donors (Lipinski definition) is 1. The van der Waals surface area contributed by atoms with Gasteiger partial charge in [-0.05, 0) is 30.2 Å². The van der Waals surface area contributed by atoms with Crippen LogP contribution in [0, 0.1) is 5.82 Å². The van der Waals surface area contributed by atoms with Crippen molar-refractivity contribution >= 4 is 17.4 Å². The lowest BCUT2D eigenvalue weighted by Crippen LogP contribution is -2.14. The lowest BCUT2D eigenvalue weighted by molar-refractivity contribution is 0.317. The largest absolute Gasteiger partial charge is 0.490 e. The molecule has 98 valence electrons. The van der Waals surface area contributed by atoms with Crippen LogP contribution in [-0.2, 0) is 6.42 Å². The Bertz CT molecular complexity index is 577. The Morgan fingerprint density at radius 1 is 1.26 bits per heavy atom. The molecule has 1 aliphatic rings. The Balaban J connectivity index is 1.64. The van der Waals surface area contributed by atoms with E-state index >= 15 is 0 Å². The first kappa shape index (κ1) is 12.4. The smallest absolute Gasteiger partial charge is 0.145 e. The van der Waals surface area contributed by atoms with Crippen LogP contribution in [0.1, 0.15) is 5.56 Å². The maximum Gasteiger partial charge on any atom is 0.145 e. The van der Waals surface area contributed by atoms with Gasteiger partial charge in [0.25, 0.3) is 0 Å². The highest BCUT2D eigenvalue weighted by Crippen LogP contribution is 2.37. The van der Waals surface area contributed by atoms with Crippen LogP contribution in [0.5, 0.6) is 5.75 Å². The fourth-order valence-electron chi connectivity index (χ4n) is 2.16. The standard InChI is InChI=1S/C15H14FNOS/c16-11-5-6-13(17)14(8-11)18-9-12-7-10-3-1-2-4-15(10)19-12/h1-6,8,12H,7,9,17H2. The van der Waals surface area contributed by atoms with Crippen molar-refractivity contribution in [2.75, 3.05) is 12.3 Å². The van der Waals surface area contributed by atoms with Crippen molar-refractivity contribution in [2.24, 2.45) is 0 Å². The van der Waals surface area contributed by atoms with E-state index in [0.717, 1.165) is 6.42 Å².